The van der Waals surface area contributed by atoms with Crippen molar-refractivity contribution in [1.29, 1.82) is 0 Å². The smallest absolute Gasteiger partial charge is 2.00 e. The zero-order valence-corrected chi connectivity index (χ0v) is 43.2. The first-order valence-corrected chi connectivity index (χ1v) is 20.0. The van der Waals surface area contributed by atoms with E-state index in [0.717, 1.165) is 118 Å². The fraction of sp³-hybridized carbons (Fsp3) is 1.00. The number of hydrogen-bond acceptors (Lipinski definition) is 9. The predicted octanol–water partition coefficient (Wildman–Crippen LogP) is 3.44. The number of hydrogen-bond donors (Lipinski definition) is 9. The fourth-order valence-corrected chi connectivity index (χ4v) is 2.72. The molecule has 39 heteroatoms. The molecule has 0 atom stereocenters. The van der Waals surface area contributed by atoms with E-state index in [1.54, 1.807) is 0 Å². The van der Waals surface area contributed by atoms with Gasteiger partial charge < -0.3 is 114 Å². The van der Waals surface area contributed by atoms with Crippen LogP contribution in [0.1, 0.15) is 0 Å². The first-order chi connectivity index (χ1) is 20.8. The summed E-state index contributed by atoms with van der Waals surface area (Å²) in [5.74, 6) is 0. The summed E-state index contributed by atoms with van der Waals surface area (Å²) in [5.41, 5.74) is 0. The van der Waals surface area contributed by atoms with Crippen molar-refractivity contribution in [3.63, 3.8) is 0 Å². The summed E-state index contributed by atoms with van der Waals surface area (Å²) in [7, 11) is -32.0. The van der Waals surface area contributed by atoms with E-state index in [4.69, 9.17) is 0 Å². The van der Waals surface area contributed by atoms with Crippen LogP contribution in [0.25, 0.3) is 0 Å². The monoisotopic (exact) mass is 1380 g/mol. The molecular weight excluding hydrogens is 1340 g/mol. The molecule has 0 saturated carbocycles. The number of nitrogens with one attached hydrogen (secondary N) is 9. The summed E-state index contributed by atoms with van der Waals surface area (Å²) >= 11 is 0. The minimum absolute atomic E-state index is 0. The van der Waals surface area contributed by atoms with E-state index in [1.807, 2.05) is 0 Å². The molecule has 3 aliphatic heterocycles. The fourth-order valence-electron chi connectivity index (χ4n) is 2.72. The van der Waals surface area contributed by atoms with Crippen molar-refractivity contribution in [2.45, 2.75) is 0 Å². The zero-order valence-electron chi connectivity index (χ0n) is 28.9. The topological polar surface area (TPSA) is 108 Å². The van der Waals surface area contributed by atoms with Gasteiger partial charge in [0, 0.05) is 118 Å². The van der Waals surface area contributed by atoms with Gasteiger partial charge in [0.05, 0.1) is 0 Å². The third-order valence-corrected chi connectivity index (χ3v) is 4.31. The number of halogens is 19. The molecule has 3 aliphatic rings. The second kappa shape index (κ2) is 36.2. The van der Waals surface area contributed by atoms with E-state index in [1.165, 1.54) is 0 Å². The first kappa shape index (κ1) is 91.5. The van der Waals surface area contributed by atoms with Crippen LogP contribution >= 0.6 is 23.4 Å². The average molecular weight is 1380 g/mol. The maximum atomic E-state index is 9.87. The van der Waals surface area contributed by atoms with E-state index in [9.17, 15) is 75.5 Å². The number of rotatable bonds is 0. The van der Waals surface area contributed by atoms with Gasteiger partial charge in [-0.25, -0.2) is 0 Å². The van der Waals surface area contributed by atoms with Gasteiger partial charge in [0.2, 0.25) is 0 Å². The summed E-state index contributed by atoms with van der Waals surface area (Å²) in [4.78, 5) is 0. The van der Waals surface area contributed by atoms with Gasteiger partial charge in [-0.2, -0.15) is 0 Å². The quantitative estimate of drug-likeness (QED) is 0.103. The average Bonchev–Trinajstić information content (AvgIpc) is 3.13. The van der Waals surface area contributed by atoms with E-state index < -0.39 is 23.4 Å². The maximum absolute atomic E-state index is 10.7. The molecule has 0 bridgehead atoms. The van der Waals surface area contributed by atoms with Gasteiger partial charge in [-0.3, -0.25) is 0 Å². The Morgan fingerprint density at radius 2 is 0.263 bits per heavy atom. The molecule has 3 rings (SSSR count). The molecule has 9 nitrogen and oxygen atoms in total. The van der Waals surface area contributed by atoms with Crippen molar-refractivity contribution in [1.82, 2.24) is 47.9 Å². The Kier molecular flexibility index (Phi) is 58.2. The van der Waals surface area contributed by atoms with Gasteiger partial charge in [0.1, 0.15) is 0 Å². The Morgan fingerprint density at radius 3 is 0.298 bits per heavy atom. The molecule has 0 aliphatic carbocycles. The molecule has 0 aromatic carbocycles. The second-order valence-corrected chi connectivity index (χ2v) is 15.4. The van der Waals surface area contributed by atoms with Crippen LogP contribution in [0.2, 0.25) is 0 Å². The van der Waals surface area contributed by atoms with Crippen LogP contribution in [0.5, 0.6) is 0 Å². The van der Waals surface area contributed by atoms with Crippen molar-refractivity contribution >= 4 is 77.4 Å². The predicted molar refractivity (Wildman–Crippen MR) is 186 cm³/mol. The molecule has 0 aromatic rings. The van der Waals surface area contributed by atoms with E-state index in [2.05, 4.69) is 47.9 Å². The van der Waals surface area contributed by atoms with Crippen LogP contribution in [0.4, 0.5) is 75.5 Å². The van der Waals surface area contributed by atoms with Crippen molar-refractivity contribution in [2.24, 2.45) is 0 Å². The SMILES string of the molecule is C1CNCCNCCN1.C1CNCCNCCN1.C1CNCCNCCN1.F[P-](F)(F)(F)(F)F.F[P-](F)(F)(F)(F)F.F[P-](F)(F)(F)(F)F.[Cl-].[Mo+2].[Mo+4].[Mo+4].[Pd+2].[S-2].[S-2].[S-2].[S-2]. The molecule has 362 valence electrons. The molecule has 0 unspecified atom stereocenters. The normalized spacial score (nSPS) is 19.9. The molecule has 9 N–H and O–H groups in total. The van der Waals surface area contributed by atoms with Gasteiger partial charge in [-0.15, -0.1) is 0 Å². The van der Waals surface area contributed by atoms with Gasteiger partial charge in [0.15, 0.2) is 0 Å². The van der Waals surface area contributed by atoms with Crippen LogP contribution in [0.3, 0.4) is 0 Å². The van der Waals surface area contributed by atoms with Gasteiger partial charge >= 0.3 is 183 Å². The molecular formula is C18H45ClF18Mo3N9P3PdS4. The van der Waals surface area contributed by atoms with Crippen molar-refractivity contribution < 1.29 is 172 Å². The summed E-state index contributed by atoms with van der Waals surface area (Å²) in [6.45, 7) is 19.8. The minimum atomic E-state index is -10.7. The third-order valence-electron chi connectivity index (χ3n) is 4.31. The first-order valence-electron chi connectivity index (χ1n) is 13.9. The van der Waals surface area contributed by atoms with E-state index >= 15 is 0 Å². The molecule has 0 aromatic heterocycles. The molecule has 0 spiro atoms. The molecule has 3 heterocycles. The van der Waals surface area contributed by atoms with Gasteiger partial charge in [0.25, 0.3) is 0 Å². The Hall–Kier alpha value is 4.09. The maximum Gasteiger partial charge on any atom is 4.00 e. The summed E-state index contributed by atoms with van der Waals surface area (Å²) in [6, 6.07) is 0. The Balaban J connectivity index is -0.0000000415. The van der Waals surface area contributed by atoms with Gasteiger partial charge in [-0.05, 0) is 0 Å². The molecule has 57 heavy (non-hydrogen) atoms. The standard InChI is InChI=1S/3C6H15N3.ClH.3F6P.3Mo.Pd.4S/c3*1-2-8-5-6-9-4-3-7-1;;3*1-7(2,3,4,5)6;;;;;;;;/h3*7-9H,1-6H2;1H;;;;;;;;;;;/q;;;;3*-1;+2;2*+4;+2;4*-2/p-1. The zero-order chi connectivity index (χ0) is 38.3. The Labute approximate surface area is 411 Å². The molecule has 3 fully saturated rings. The summed E-state index contributed by atoms with van der Waals surface area (Å²) < 4.78 is 178. The Bertz CT molecular complexity index is 649. The van der Waals surface area contributed by atoms with Crippen LogP contribution in [-0.4, -0.2) is 118 Å². The molecule has 0 radical (unpaired) electrons. The van der Waals surface area contributed by atoms with Crippen molar-refractivity contribution in [3.05, 3.63) is 0 Å². The van der Waals surface area contributed by atoms with Crippen molar-refractivity contribution in [2.75, 3.05) is 118 Å². The van der Waals surface area contributed by atoms with E-state index in [0.29, 0.717) is 0 Å². The van der Waals surface area contributed by atoms with Crippen LogP contribution in [0.15, 0.2) is 0 Å². The van der Waals surface area contributed by atoms with Gasteiger partial charge in [-0.1, -0.05) is 0 Å². The third kappa shape index (κ3) is 210. The van der Waals surface area contributed by atoms with E-state index in [-0.39, 0.29) is 150 Å². The Morgan fingerprint density at radius 1 is 0.228 bits per heavy atom. The largest absolute Gasteiger partial charge is 4.00 e. The molecule has 3 saturated heterocycles. The van der Waals surface area contributed by atoms with Crippen LogP contribution in [-0.2, 0) is 138 Å². The second-order valence-electron chi connectivity index (χ2n) is 9.62. The summed E-state index contributed by atoms with van der Waals surface area (Å²) in [5, 5.41) is 29.7. The van der Waals surface area contributed by atoms with Crippen LogP contribution < -0.4 is 60.3 Å². The summed E-state index contributed by atoms with van der Waals surface area (Å²) in [6.07, 6.45) is 0. The van der Waals surface area contributed by atoms with Crippen molar-refractivity contribution in [3.8, 4) is 0 Å². The van der Waals surface area contributed by atoms with Crippen LogP contribution in [0, 0.1) is 0 Å². The minimum Gasteiger partial charge on any atom is -2.00 e. The molecule has 0 amide bonds.